The van der Waals surface area contributed by atoms with Gasteiger partial charge in [0.25, 0.3) is 0 Å². The number of carbonyl (C=O) groups is 1. The van der Waals surface area contributed by atoms with Crippen LogP contribution in [0.4, 0.5) is 0 Å². The van der Waals surface area contributed by atoms with E-state index in [1.165, 1.54) is 25.7 Å². The molecule has 0 aromatic rings. The summed E-state index contributed by atoms with van der Waals surface area (Å²) in [4.78, 5) is 10.4. The first kappa shape index (κ1) is 22.6. The zero-order valence-electron chi connectivity index (χ0n) is 15.0. The fraction of sp³-hybridized carbons (Fsp3) is 0.650. The Kier molecular flexibility index (Phi) is 14.3. The summed E-state index contributed by atoms with van der Waals surface area (Å²) in [6.45, 7) is 2.23. The smallest absolute Gasteiger partial charge is 0.303 e. The normalized spacial score (nSPS) is 20.0. The van der Waals surface area contributed by atoms with Gasteiger partial charge in [-0.05, 0) is 44.9 Å². The van der Waals surface area contributed by atoms with Crippen LogP contribution in [0.15, 0.2) is 36.5 Å². The van der Waals surface area contributed by atoms with E-state index < -0.39 is 5.97 Å². The summed E-state index contributed by atoms with van der Waals surface area (Å²) >= 11 is 0. The second-order valence-corrected chi connectivity index (χ2v) is 6.12. The number of unbranched alkanes of at least 4 members (excludes halogenated alkanes) is 3. The van der Waals surface area contributed by atoms with Gasteiger partial charge in [0.1, 0.15) is 0 Å². The highest BCUT2D eigenvalue weighted by Gasteiger charge is 2.36. The third-order valence-corrected chi connectivity index (χ3v) is 3.95. The summed E-state index contributed by atoms with van der Waals surface area (Å²) in [5.74, 6) is -0.718. The number of carboxylic acids is 1. The molecule has 1 aliphatic rings. The number of carboxylic acid groups (broad SMARTS) is 1. The molecule has 0 amide bonds. The lowest BCUT2D eigenvalue weighted by atomic mass is 10.1. The van der Waals surface area contributed by atoms with Crippen molar-refractivity contribution in [3.63, 3.8) is 0 Å². The van der Waals surface area contributed by atoms with Crippen molar-refractivity contribution in [3.8, 4) is 0 Å². The summed E-state index contributed by atoms with van der Waals surface area (Å²) in [6.07, 6.45) is 23.8. The number of aliphatic carboxylic acids is 1. The molecule has 3 N–H and O–H groups in total. The Hall–Kier alpha value is -1.39. The average molecular weight is 338 g/mol. The van der Waals surface area contributed by atoms with Gasteiger partial charge < -0.3 is 15.3 Å². The van der Waals surface area contributed by atoms with Crippen molar-refractivity contribution in [2.45, 2.75) is 83.3 Å². The highest BCUT2D eigenvalue weighted by Crippen LogP contribution is 2.30. The van der Waals surface area contributed by atoms with Crippen LogP contribution in [-0.4, -0.2) is 28.8 Å². The lowest BCUT2D eigenvalue weighted by molar-refractivity contribution is -0.137. The molecule has 2 atom stereocenters. The van der Waals surface area contributed by atoms with Gasteiger partial charge in [0.15, 0.2) is 0 Å². The van der Waals surface area contributed by atoms with Crippen LogP contribution in [0.25, 0.3) is 0 Å². The molecule has 2 unspecified atom stereocenters. The van der Waals surface area contributed by atoms with E-state index in [0.29, 0.717) is 6.10 Å². The number of hydrogen-bond donors (Lipinski definition) is 1. The molecular weight excluding hydrogens is 304 g/mol. The Morgan fingerprint density at radius 1 is 0.958 bits per heavy atom. The van der Waals surface area contributed by atoms with E-state index in [4.69, 9.17) is 9.84 Å². The highest BCUT2D eigenvalue weighted by atomic mass is 16.6. The minimum Gasteiger partial charge on any atom is -0.481 e. The maximum Gasteiger partial charge on any atom is 0.303 e. The molecule has 24 heavy (non-hydrogen) atoms. The summed E-state index contributed by atoms with van der Waals surface area (Å²) in [6, 6.07) is 0. The molecule has 0 aliphatic carbocycles. The molecule has 4 nitrogen and oxygen atoms in total. The number of rotatable bonds is 14. The highest BCUT2D eigenvalue weighted by molar-refractivity contribution is 5.66. The van der Waals surface area contributed by atoms with Crippen LogP contribution < -0.4 is 0 Å². The first-order valence-corrected chi connectivity index (χ1v) is 9.06. The molecule has 1 fully saturated rings. The molecule has 0 aromatic heterocycles. The molecule has 4 heteroatoms. The monoisotopic (exact) mass is 338 g/mol. The number of allylic oxidation sites excluding steroid dienone is 5. The molecule has 1 aliphatic heterocycles. The van der Waals surface area contributed by atoms with Crippen LogP contribution in [0.3, 0.4) is 0 Å². The van der Waals surface area contributed by atoms with Crippen molar-refractivity contribution in [2.24, 2.45) is 0 Å². The second-order valence-electron chi connectivity index (χ2n) is 6.12. The summed E-state index contributed by atoms with van der Waals surface area (Å²) in [7, 11) is 0. The van der Waals surface area contributed by atoms with Crippen LogP contribution in [0.1, 0.15) is 71.1 Å². The lowest BCUT2D eigenvalue weighted by Crippen LogP contribution is -1.97. The molecule has 0 aromatic carbocycles. The predicted octanol–water partition coefficient (Wildman–Crippen LogP) is 4.60. The first-order chi connectivity index (χ1) is 11.2. The van der Waals surface area contributed by atoms with Crippen LogP contribution in [0.2, 0.25) is 0 Å². The van der Waals surface area contributed by atoms with Gasteiger partial charge in [0, 0.05) is 6.42 Å². The second kappa shape index (κ2) is 15.2. The van der Waals surface area contributed by atoms with Crippen molar-refractivity contribution >= 4 is 5.97 Å². The van der Waals surface area contributed by atoms with E-state index in [0.717, 1.165) is 32.1 Å². The fourth-order valence-electron chi connectivity index (χ4n) is 2.50. The van der Waals surface area contributed by atoms with Crippen molar-refractivity contribution in [3.05, 3.63) is 36.5 Å². The zero-order valence-corrected chi connectivity index (χ0v) is 15.0. The lowest BCUT2D eigenvalue weighted by Gasteiger charge is -1.92. The van der Waals surface area contributed by atoms with Gasteiger partial charge in [-0.2, -0.15) is 0 Å². The fourth-order valence-corrected chi connectivity index (χ4v) is 2.50. The number of epoxide rings is 1. The third-order valence-electron chi connectivity index (χ3n) is 3.95. The third kappa shape index (κ3) is 13.1. The first-order valence-electron chi connectivity index (χ1n) is 9.06. The number of ether oxygens (including phenoxy) is 1. The standard InChI is InChI=1S/C20H32O3.H2O/c1-2-3-4-5-6-7-8-9-10-11-12-13-15-18-19(23-18)16-14-17-20(21)22;/h6-7,9-10,12-13,18-19H,2-5,8,11,14-17H2,1H3,(H,21,22);1H2/b7-6-,10-9-,13-12-;. The molecular formula is C20H34O4. The van der Waals surface area contributed by atoms with Crippen molar-refractivity contribution < 1.29 is 20.1 Å². The van der Waals surface area contributed by atoms with Crippen molar-refractivity contribution in [2.75, 3.05) is 0 Å². The Bertz CT molecular complexity index is 398. The SMILES string of the molecule is CCCCC/C=C\C/C=C\C/C=C\CC1OC1CCCC(=O)O.O. The Balaban J connectivity index is 0.00000529. The van der Waals surface area contributed by atoms with Crippen LogP contribution >= 0.6 is 0 Å². The molecule has 0 bridgehead atoms. The largest absolute Gasteiger partial charge is 0.481 e. The molecule has 0 saturated carbocycles. The topological polar surface area (TPSA) is 81.3 Å². The summed E-state index contributed by atoms with van der Waals surface area (Å²) in [5.41, 5.74) is 0. The Morgan fingerprint density at radius 2 is 1.62 bits per heavy atom. The molecule has 0 radical (unpaired) electrons. The minimum absolute atomic E-state index is 0. The zero-order chi connectivity index (χ0) is 16.8. The molecule has 1 rings (SSSR count). The van der Waals surface area contributed by atoms with Crippen molar-refractivity contribution in [1.29, 1.82) is 0 Å². The minimum atomic E-state index is -0.718. The summed E-state index contributed by atoms with van der Waals surface area (Å²) < 4.78 is 5.53. The van der Waals surface area contributed by atoms with Gasteiger partial charge >= 0.3 is 5.97 Å². The van der Waals surface area contributed by atoms with E-state index in [-0.39, 0.29) is 18.0 Å². The van der Waals surface area contributed by atoms with Gasteiger partial charge in [-0.3, -0.25) is 4.79 Å². The van der Waals surface area contributed by atoms with Crippen LogP contribution in [-0.2, 0) is 9.53 Å². The van der Waals surface area contributed by atoms with Gasteiger partial charge in [-0.15, -0.1) is 0 Å². The molecule has 1 saturated heterocycles. The Morgan fingerprint density at radius 3 is 2.29 bits per heavy atom. The maximum absolute atomic E-state index is 10.4. The van der Waals surface area contributed by atoms with Crippen molar-refractivity contribution in [1.82, 2.24) is 0 Å². The van der Waals surface area contributed by atoms with E-state index in [1.807, 2.05) is 0 Å². The average Bonchev–Trinajstić information content (AvgIpc) is 3.26. The van der Waals surface area contributed by atoms with Gasteiger partial charge in [0.2, 0.25) is 0 Å². The van der Waals surface area contributed by atoms with Gasteiger partial charge in [0.05, 0.1) is 12.2 Å². The predicted molar refractivity (Wildman–Crippen MR) is 99.2 cm³/mol. The maximum atomic E-state index is 10.4. The van der Waals surface area contributed by atoms with Gasteiger partial charge in [-0.25, -0.2) is 0 Å². The quantitative estimate of drug-likeness (QED) is 0.285. The van der Waals surface area contributed by atoms with E-state index in [2.05, 4.69) is 43.4 Å². The number of hydrogen-bond acceptors (Lipinski definition) is 2. The van der Waals surface area contributed by atoms with Crippen LogP contribution in [0.5, 0.6) is 0 Å². The van der Waals surface area contributed by atoms with E-state index in [1.54, 1.807) is 0 Å². The van der Waals surface area contributed by atoms with E-state index >= 15 is 0 Å². The molecule has 138 valence electrons. The summed E-state index contributed by atoms with van der Waals surface area (Å²) in [5, 5.41) is 8.58. The van der Waals surface area contributed by atoms with Gasteiger partial charge in [-0.1, -0.05) is 56.2 Å². The van der Waals surface area contributed by atoms with E-state index in [9.17, 15) is 4.79 Å². The van der Waals surface area contributed by atoms with Crippen LogP contribution in [0, 0.1) is 0 Å². The Labute approximate surface area is 146 Å². The molecule has 1 heterocycles. The molecule has 0 spiro atoms.